The smallest absolute Gasteiger partial charge is 0.272 e. The van der Waals surface area contributed by atoms with Crippen molar-refractivity contribution in [3.05, 3.63) is 60.0 Å². The Hall–Kier alpha value is -2.89. The van der Waals surface area contributed by atoms with Gasteiger partial charge in [-0.25, -0.2) is 9.50 Å². The molecule has 1 aromatic carbocycles. The second kappa shape index (κ2) is 5.83. The summed E-state index contributed by atoms with van der Waals surface area (Å²) in [5.74, 6) is 0.730. The Labute approximate surface area is 151 Å². The minimum absolute atomic E-state index is 0.0696. The number of hydrogen-bond donors (Lipinski definition) is 1. The number of nitrogens with zero attached hydrogens (tertiary/aromatic N) is 3. The average molecular weight is 348 g/mol. The van der Waals surface area contributed by atoms with Crippen LogP contribution in [0.2, 0.25) is 0 Å². The van der Waals surface area contributed by atoms with Crippen molar-refractivity contribution in [2.75, 3.05) is 0 Å². The molecule has 1 unspecified atom stereocenters. The van der Waals surface area contributed by atoms with Gasteiger partial charge in [-0.3, -0.25) is 4.79 Å². The third-order valence-corrected chi connectivity index (χ3v) is 5.53. The van der Waals surface area contributed by atoms with E-state index in [1.54, 1.807) is 16.9 Å². The number of fused-ring (bicyclic) bond motifs is 2. The molecular formula is C20H20N4O2. The zero-order valence-electron chi connectivity index (χ0n) is 14.4. The van der Waals surface area contributed by atoms with Crippen molar-refractivity contribution in [2.45, 2.75) is 43.7 Å². The summed E-state index contributed by atoms with van der Waals surface area (Å²) in [5.41, 5.74) is 2.01. The van der Waals surface area contributed by atoms with Gasteiger partial charge in [-0.2, -0.15) is 5.10 Å². The van der Waals surface area contributed by atoms with Gasteiger partial charge in [-0.15, -0.1) is 0 Å². The first kappa shape index (κ1) is 15.4. The maximum absolute atomic E-state index is 12.9. The third kappa shape index (κ3) is 2.44. The van der Waals surface area contributed by atoms with Crippen LogP contribution >= 0.6 is 0 Å². The van der Waals surface area contributed by atoms with Crippen LogP contribution in [-0.2, 0) is 0 Å². The number of benzene rings is 1. The van der Waals surface area contributed by atoms with Crippen LogP contribution in [0, 0.1) is 0 Å². The molecule has 1 fully saturated rings. The number of nitrogens with one attached hydrogen (secondary N) is 1. The van der Waals surface area contributed by atoms with Crippen molar-refractivity contribution < 1.29 is 9.53 Å². The second-order valence-electron chi connectivity index (χ2n) is 7.20. The van der Waals surface area contributed by atoms with Crippen molar-refractivity contribution in [1.82, 2.24) is 19.9 Å². The molecule has 1 aliphatic carbocycles. The fraction of sp³-hybridized carbons (Fsp3) is 0.350. The van der Waals surface area contributed by atoms with Gasteiger partial charge in [0, 0.05) is 18.2 Å². The van der Waals surface area contributed by atoms with Crippen LogP contribution in [0.15, 0.2) is 48.8 Å². The van der Waals surface area contributed by atoms with Crippen molar-refractivity contribution in [2.24, 2.45) is 0 Å². The number of carbonyl (C=O) groups is 1. The number of para-hydroxylation sites is 1. The van der Waals surface area contributed by atoms with E-state index in [0.29, 0.717) is 11.3 Å². The highest BCUT2D eigenvalue weighted by molar-refractivity contribution is 5.93. The Kier molecular flexibility index (Phi) is 3.45. The zero-order chi connectivity index (χ0) is 17.6. The van der Waals surface area contributed by atoms with Crippen LogP contribution in [0.1, 0.15) is 54.2 Å². The lowest BCUT2D eigenvalue weighted by Crippen LogP contribution is -2.43. The van der Waals surface area contributed by atoms with Gasteiger partial charge in [-0.1, -0.05) is 18.2 Å². The van der Waals surface area contributed by atoms with E-state index in [-0.39, 0.29) is 17.6 Å². The minimum Gasteiger partial charge on any atom is -0.487 e. The summed E-state index contributed by atoms with van der Waals surface area (Å²) in [6.45, 7) is 0. The molecule has 2 aromatic heterocycles. The number of imidazole rings is 1. The largest absolute Gasteiger partial charge is 0.487 e. The molecule has 1 saturated carbocycles. The van der Waals surface area contributed by atoms with Crippen LogP contribution in [-0.4, -0.2) is 26.1 Å². The van der Waals surface area contributed by atoms with Crippen LogP contribution < -0.4 is 10.1 Å². The predicted octanol–water partition coefficient (Wildman–Crippen LogP) is 3.30. The van der Waals surface area contributed by atoms with Crippen molar-refractivity contribution in [3.8, 4) is 5.75 Å². The maximum atomic E-state index is 12.9. The number of rotatable bonds is 2. The summed E-state index contributed by atoms with van der Waals surface area (Å²) in [6.07, 6.45) is 8.49. The van der Waals surface area contributed by atoms with Crippen molar-refractivity contribution in [1.29, 1.82) is 0 Å². The summed E-state index contributed by atoms with van der Waals surface area (Å²) in [6, 6.07) is 11.6. The average Bonchev–Trinajstić information content (AvgIpc) is 3.29. The number of ether oxygens (including phenoxy) is 1. The fourth-order valence-corrected chi connectivity index (χ4v) is 4.29. The van der Waals surface area contributed by atoms with Crippen molar-refractivity contribution >= 4 is 11.6 Å². The molecule has 1 aliphatic heterocycles. The minimum atomic E-state index is -0.161. The zero-order valence-corrected chi connectivity index (χ0v) is 14.4. The molecular weight excluding hydrogens is 328 g/mol. The Bertz CT molecular complexity index is 975. The molecule has 0 saturated heterocycles. The van der Waals surface area contributed by atoms with Gasteiger partial charge in [0.2, 0.25) is 0 Å². The Morgan fingerprint density at radius 1 is 1.19 bits per heavy atom. The van der Waals surface area contributed by atoms with Gasteiger partial charge >= 0.3 is 0 Å². The third-order valence-electron chi connectivity index (χ3n) is 5.53. The molecule has 5 rings (SSSR count). The molecule has 132 valence electrons. The molecule has 3 heterocycles. The van der Waals surface area contributed by atoms with Crippen LogP contribution in [0.3, 0.4) is 0 Å². The summed E-state index contributed by atoms with van der Waals surface area (Å²) >= 11 is 0. The molecule has 2 aliphatic rings. The topological polar surface area (TPSA) is 68.5 Å². The lowest BCUT2D eigenvalue weighted by molar-refractivity contribution is 0.0359. The van der Waals surface area contributed by atoms with Crippen molar-refractivity contribution in [3.63, 3.8) is 0 Å². The number of carbonyl (C=O) groups excluding carboxylic acids is 1. The first-order valence-corrected chi connectivity index (χ1v) is 9.12. The SMILES string of the molecule is O=C(NC1CC2(CCCC2)Oc2ccccc21)c1cnc2cccnn12. The first-order valence-electron chi connectivity index (χ1n) is 9.12. The highest BCUT2D eigenvalue weighted by Gasteiger charge is 2.43. The van der Waals surface area contributed by atoms with Gasteiger partial charge < -0.3 is 10.1 Å². The fourth-order valence-electron chi connectivity index (χ4n) is 4.29. The number of amides is 1. The van der Waals surface area contributed by atoms with Crippen LogP contribution in [0.5, 0.6) is 5.75 Å². The summed E-state index contributed by atoms with van der Waals surface area (Å²) in [7, 11) is 0. The van der Waals surface area contributed by atoms with Gasteiger partial charge in [0.05, 0.1) is 12.2 Å². The Morgan fingerprint density at radius 3 is 2.92 bits per heavy atom. The molecule has 6 nitrogen and oxygen atoms in total. The van der Waals surface area contributed by atoms with E-state index in [0.717, 1.165) is 30.6 Å². The van der Waals surface area contributed by atoms with E-state index in [1.807, 2.05) is 36.4 Å². The van der Waals surface area contributed by atoms with Gasteiger partial charge in [0.1, 0.15) is 17.0 Å². The first-order chi connectivity index (χ1) is 12.7. The molecule has 3 aromatic rings. The van der Waals surface area contributed by atoms with E-state index in [9.17, 15) is 4.79 Å². The molecule has 1 N–H and O–H groups in total. The number of hydrogen-bond acceptors (Lipinski definition) is 4. The van der Waals surface area contributed by atoms with E-state index >= 15 is 0 Å². The van der Waals surface area contributed by atoms with Gasteiger partial charge in [0.15, 0.2) is 5.65 Å². The Balaban J connectivity index is 1.48. The normalized spacial score (nSPS) is 20.7. The standard InChI is InChI=1S/C20H20N4O2/c25-19(16-13-21-18-8-5-11-22-24(16)18)23-15-12-20(9-3-4-10-20)26-17-7-2-1-6-14(15)17/h1-2,5-8,11,13,15H,3-4,9-10,12H2,(H,23,25). The number of aromatic nitrogens is 3. The van der Waals surface area contributed by atoms with E-state index in [1.165, 1.54) is 12.8 Å². The van der Waals surface area contributed by atoms with Gasteiger partial charge in [0.25, 0.3) is 5.91 Å². The van der Waals surface area contributed by atoms with Gasteiger partial charge in [-0.05, 0) is 43.9 Å². The lowest BCUT2D eigenvalue weighted by atomic mass is 9.86. The highest BCUT2D eigenvalue weighted by Crippen LogP contribution is 2.47. The summed E-state index contributed by atoms with van der Waals surface area (Å²) < 4.78 is 7.95. The molecule has 1 atom stereocenters. The molecule has 0 bridgehead atoms. The second-order valence-corrected chi connectivity index (χ2v) is 7.20. The van der Waals surface area contributed by atoms with E-state index in [2.05, 4.69) is 15.4 Å². The summed E-state index contributed by atoms with van der Waals surface area (Å²) in [5, 5.41) is 7.44. The summed E-state index contributed by atoms with van der Waals surface area (Å²) in [4.78, 5) is 17.2. The van der Waals surface area contributed by atoms with E-state index < -0.39 is 0 Å². The molecule has 6 heteroatoms. The molecule has 26 heavy (non-hydrogen) atoms. The molecule has 0 radical (unpaired) electrons. The van der Waals surface area contributed by atoms with E-state index in [4.69, 9.17) is 4.74 Å². The molecule has 1 spiro atoms. The lowest BCUT2D eigenvalue weighted by Gasteiger charge is -2.40. The van der Waals surface area contributed by atoms with Crippen LogP contribution in [0.4, 0.5) is 0 Å². The maximum Gasteiger partial charge on any atom is 0.272 e. The predicted molar refractivity (Wildman–Crippen MR) is 96.1 cm³/mol. The monoisotopic (exact) mass is 348 g/mol. The Morgan fingerprint density at radius 2 is 2.04 bits per heavy atom. The molecule has 1 amide bonds. The highest BCUT2D eigenvalue weighted by atomic mass is 16.5. The quantitative estimate of drug-likeness (QED) is 0.771. The van der Waals surface area contributed by atoms with Crippen LogP contribution in [0.25, 0.3) is 5.65 Å².